The van der Waals surface area contributed by atoms with Crippen LogP contribution in [0.5, 0.6) is 0 Å². The minimum atomic E-state index is -3.87. The van der Waals surface area contributed by atoms with E-state index in [2.05, 4.69) is 0 Å². The van der Waals surface area contributed by atoms with Gasteiger partial charge in [0.1, 0.15) is 0 Å². The van der Waals surface area contributed by atoms with Crippen LogP contribution in [-0.4, -0.2) is 30.0 Å². The maximum absolute atomic E-state index is 11.9. The summed E-state index contributed by atoms with van der Waals surface area (Å²) in [6.07, 6.45) is 0.0108. The summed E-state index contributed by atoms with van der Waals surface area (Å²) in [6.45, 7) is -1.17. The topological polar surface area (TPSA) is 66.4 Å². The standard InChI is InChI=1S/C4H5F2NO3/c5-4(6,3(9)10)1-7-2-8/h2H,1H2,(H,7,8)(H,9,10). The van der Waals surface area contributed by atoms with Crippen molar-refractivity contribution in [2.24, 2.45) is 0 Å². The Labute approximate surface area is 54.8 Å². The van der Waals surface area contributed by atoms with Crippen molar-refractivity contribution < 1.29 is 23.5 Å². The highest BCUT2D eigenvalue weighted by molar-refractivity contribution is 5.75. The molecule has 4 nitrogen and oxygen atoms in total. The van der Waals surface area contributed by atoms with Gasteiger partial charge >= 0.3 is 11.9 Å². The molecule has 0 saturated carbocycles. The smallest absolute Gasteiger partial charge is 0.376 e. The maximum Gasteiger partial charge on any atom is 0.376 e. The van der Waals surface area contributed by atoms with Crippen LogP contribution in [0.15, 0.2) is 0 Å². The zero-order chi connectivity index (χ0) is 8.20. The molecule has 0 saturated heterocycles. The number of carboxylic acid groups (broad SMARTS) is 1. The highest BCUT2D eigenvalue weighted by atomic mass is 19.3. The molecule has 0 bridgehead atoms. The number of carbonyl (C=O) groups is 2. The Morgan fingerprint density at radius 1 is 1.70 bits per heavy atom. The molecule has 0 aromatic carbocycles. The van der Waals surface area contributed by atoms with Crippen LogP contribution in [0.1, 0.15) is 0 Å². The number of aliphatic carboxylic acids is 1. The van der Waals surface area contributed by atoms with Gasteiger partial charge in [0, 0.05) is 0 Å². The first-order valence-corrected chi connectivity index (χ1v) is 2.29. The highest BCUT2D eigenvalue weighted by Gasteiger charge is 2.38. The normalized spacial score (nSPS) is 10.6. The molecular weight excluding hydrogens is 148 g/mol. The van der Waals surface area contributed by atoms with E-state index in [1.165, 1.54) is 0 Å². The highest BCUT2D eigenvalue weighted by Crippen LogP contribution is 2.10. The average molecular weight is 153 g/mol. The van der Waals surface area contributed by atoms with Crippen molar-refractivity contribution in [2.45, 2.75) is 5.92 Å². The Hall–Kier alpha value is -1.20. The molecule has 0 spiro atoms. The fourth-order valence-corrected chi connectivity index (χ4v) is 0.245. The molecular formula is C4H5F2NO3. The van der Waals surface area contributed by atoms with Crippen LogP contribution >= 0.6 is 0 Å². The van der Waals surface area contributed by atoms with Crippen LogP contribution in [0.3, 0.4) is 0 Å². The molecule has 0 aliphatic rings. The quantitative estimate of drug-likeness (QED) is 0.532. The summed E-state index contributed by atoms with van der Waals surface area (Å²) in [5, 5.41) is 9.32. The third kappa shape index (κ3) is 2.38. The summed E-state index contributed by atoms with van der Waals surface area (Å²) in [7, 11) is 0. The fourth-order valence-electron chi connectivity index (χ4n) is 0.245. The average Bonchev–Trinajstić information content (AvgIpc) is 1.84. The number of amides is 1. The molecule has 0 rings (SSSR count). The number of alkyl halides is 2. The van der Waals surface area contributed by atoms with Gasteiger partial charge in [0.25, 0.3) is 0 Å². The first-order chi connectivity index (χ1) is 4.50. The Kier molecular flexibility index (Phi) is 2.72. The van der Waals surface area contributed by atoms with Crippen molar-refractivity contribution in [1.82, 2.24) is 5.32 Å². The first-order valence-electron chi connectivity index (χ1n) is 2.29. The summed E-state index contributed by atoms with van der Waals surface area (Å²) in [6, 6.07) is 0. The van der Waals surface area contributed by atoms with E-state index in [1.54, 1.807) is 5.32 Å². The van der Waals surface area contributed by atoms with Gasteiger partial charge in [-0.3, -0.25) is 4.79 Å². The number of hydrogen-bond donors (Lipinski definition) is 2. The molecule has 6 heteroatoms. The van der Waals surface area contributed by atoms with E-state index in [0.717, 1.165) is 0 Å². The van der Waals surface area contributed by atoms with E-state index in [4.69, 9.17) is 5.11 Å². The van der Waals surface area contributed by atoms with Gasteiger partial charge in [0.05, 0.1) is 6.54 Å². The molecule has 0 fully saturated rings. The first kappa shape index (κ1) is 8.80. The minimum absolute atomic E-state index is 0.0108. The molecule has 10 heavy (non-hydrogen) atoms. The number of halogens is 2. The Bertz CT molecular complexity index is 147. The van der Waals surface area contributed by atoms with Gasteiger partial charge in [-0.2, -0.15) is 8.78 Å². The molecule has 0 aromatic heterocycles. The molecule has 0 heterocycles. The van der Waals surface area contributed by atoms with Crippen molar-refractivity contribution in [3.05, 3.63) is 0 Å². The van der Waals surface area contributed by atoms with E-state index >= 15 is 0 Å². The molecule has 2 N–H and O–H groups in total. The van der Waals surface area contributed by atoms with Crippen LogP contribution in [0, 0.1) is 0 Å². The zero-order valence-electron chi connectivity index (χ0n) is 4.80. The van der Waals surface area contributed by atoms with Crippen molar-refractivity contribution >= 4 is 12.4 Å². The SMILES string of the molecule is O=CNCC(F)(F)C(=O)O. The van der Waals surface area contributed by atoms with E-state index in [-0.39, 0.29) is 6.41 Å². The van der Waals surface area contributed by atoms with Gasteiger partial charge in [-0.25, -0.2) is 4.79 Å². The molecule has 0 aromatic rings. The lowest BCUT2D eigenvalue weighted by Crippen LogP contribution is -2.39. The largest absolute Gasteiger partial charge is 0.477 e. The van der Waals surface area contributed by atoms with E-state index in [9.17, 15) is 18.4 Å². The molecule has 0 aliphatic carbocycles. The summed E-state index contributed by atoms with van der Waals surface area (Å²) in [5.41, 5.74) is 0. The Balaban J connectivity index is 3.86. The third-order valence-electron chi connectivity index (χ3n) is 0.720. The lowest BCUT2D eigenvalue weighted by Gasteiger charge is -2.08. The zero-order valence-corrected chi connectivity index (χ0v) is 4.80. The monoisotopic (exact) mass is 153 g/mol. The third-order valence-corrected chi connectivity index (χ3v) is 0.720. The van der Waals surface area contributed by atoms with Crippen molar-refractivity contribution in [3.63, 3.8) is 0 Å². The molecule has 0 unspecified atom stereocenters. The Morgan fingerprint density at radius 3 is 2.50 bits per heavy atom. The molecule has 58 valence electrons. The number of carboxylic acids is 1. The van der Waals surface area contributed by atoms with E-state index in [1.807, 2.05) is 0 Å². The Morgan fingerprint density at radius 2 is 2.20 bits per heavy atom. The van der Waals surface area contributed by atoms with E-state index in [0.29, 0.717) is 0 Å². The second-order valence-corrected chi connectivity index (χ2v) is 1.51. The van der Waals surface area contributed by atoms with Gasteiger partial charge in [-0.05, 0) is 0 Å². The molecule has 1 amide bonds. The number of carbonyl (C=O) groups excluding carboxylic acids is 1. The lowest BCUT2D eigenvalue weighted by atomic mass is 10.3. The van der Waals surface area contributed by atoms with Gasteiger partial charge in [-0.15, -0.1) is 0 Å². The number of nitrogens with one attached hydrogen (secondary N) is 1. The van der Waals surface area contributed by atoms with Crippen LogP contribution in [0.25, 0.3) is 0 Å². The predicted molar refractivity (Wildman–Crippen MR) is 26.6 cm³/mol. The summed E-state index contributed by atoms with van der Waals surface area (Å²) in [5.74, 6) is -6.12. The van der Waals surface area contributed by atoms with Gasteiger partial charge in [0.15, 0.2) is 0 Å². The van der Waals surface area contributed by atoms with Gasteiger partial charge in [-0.1, -0.05) is 0 Å². The summed E-state index contributed by atoms with van der Waals surface area (Å²) < 4.78 is 23.8. The second kappa shape index (κ2) is 3.09. The second-order valence-electron chi connectivity index (χ2n) is 1.51. The van der Waals surface area contributed by atoms with Gasteiger partial charge in [0.2, 0.25) is 6.41 Å². The van der Waals surface area contributed by atoms with Crippen LogP contribution < -0.4 is 5.32 Å². The van der Waals surface area contributed by atoms with Crippen LogP contribution in [0.2, 0.25) is 0 Å². The predicted octanol–water partition coefficient (Wildman–Crippen LogP) is -0.548. The lowest BCUT2D eigenvalue weighted by molar-refractivity contribution is -0.164. The van der Waals surface area contributed by atoms with Crippen molar-refractivity contribution in [3.8, 4) is 0 Å². The molecule has 0 atom stereocenters. The van der Waals surface area contributed by atoms with Crippen molar-refractivity contribution in [2.75, 3.05) is 6.54 Å². The summed E-state index contributed by atoms with van der Waals surface area (Å²) >= 11 is 0. The maximum atomic E-state index is 11.9. The number of hydrogen-bond acceptors (Lipinski definition) is 2. The molecule has 0 aliphatic heterocycles. The fraction of sp³-hybridized carbons (Fsp3) is 0.500. The van der Waals surface area contributed by atoms with Gasteiger partial charge < -0.3 is 10.4 Å². The molecule has 0 radical (unpaired) electrons. The van der Waals surface area contributed by atoms with Crippen LogP contribution in [-0.2, 0) is 9.59 Å². The van der Waals surface area contributed by atoms with Crippen molar-refractivity contribution in [1.29, 1.82) is 0 Å². The number of rotatable bonds is 4. The van der Waals surface area contributed by atoms with E-state index < -0.39 is 18.4 Å². The van der Waals surface area contributed by atoms with Crippen LogP contribution in [0.4, 0.5) is 8.78 Å². The summed E-state index contributed by atoms with van der Waals surface area (Å²) in [4.78, 5) is 19.1. The minimum Gasteiger partial charge on any atom is -0.477 e.